The number of benzene rings is 1. The van der Waals surface area contributed by atoms with Crippen LogP contribution in [0.5, 0.6) is 5.75 Å². The largest absolute Gasteiger partial charge is 0.494 e. The fourth-order valence-corrected chi connectivity index (χ4v) is 5.94. The molecule has 1 aromatic rings. The van der Waals surface area contributed by atoms with Crippen molar-refractivity contribution in [2.45, 2.75) is 50.6 Å². The van der Waals surface area contributed by atoms with Crippen LogP contribution in [0.3, 0.4) is 0 Å². The minimum Gasteiger partial charge on any atom is -0.494 e. The van der Waals surface area contributed by atoms with Gasteiger partial charge >= 0.3 is 0 Å². The fraction of sp³-hybridized carbons (Fsp3) is 0.769. The van der Waals surface area contributed by atoms with Crippen LogP contribution >= 0.6 is 0 Å². The van der Waals surface area contributed by atoms with Gasteiger partial charge in [-0.1, -0.05) is 6.07 Å². The highest BCUT2D eigenvalue weighted by Crippen LogP contribution is 2.30. The molecule has 0 radical (unpaired) electrons. The molecule has 6 nitrogen and oxygen atoms in total. The Morgan fingerprint density at radius 3 is 2.75 bits per heavy atom. The molecule has 0 aromatic heterocycles. The van der Waals surface area contributed by atoms with Crippen LogP contribution in [0.2, 0.25) is 0 Å². The van der Waals surface area contributed by atoms with Gasteiger partial charge in [0.15, 0.2) is 0 Å². The Hall–Kier alpha value is -1.18. The highest BCUT2D eigenvalue weighted by molar-refractivity contribution is 5.37. The maximum absolute atomic E-state index is 6.11. The van der Waals surface area contributed by atoms with Crippen LogP contribution in [-0.2, 0) is 22.3 Å². The first-order valence-electron chi connectivity index (χ1n) is 12.9. The number of aryl methyl sites for hydroxylation is 1. The molecule has 1 N–H and O–H groups in total. The van der Waals surface area contributed by atoms with Crippen molar-refractivity contribution in [2.75, 3.05) is 72.3 Å². The lowest BCUT2D eigenvalue weighted by Gasteiger charge is -2.34. The molecule has 1 aromatic carbocycles. The number of rotatable bonds is 9. The van der Waals surface area contributed by atoms with Gasteiger partial charge in [0.2, 0.25) is 0 Å². The van der Waals surface area contributed by atoms with Crippen LogP contribution in [0.15, 0.2) is 18.2 Å². The summed E-state index contributed by atoms with van der Waals surface area (Å²) in [7, 11) is 0. The van der Waals surface area contributed by atoms with Crippen LogP contribution in [-0.4, -0.2) is 94.2 Å². The minimum absolute atomic E-state index is 0.422. The van der Waals surface area contributed by atoms with Gasteiger partial charge in [-0.3, -0.25) is 4.90 Å². The second kappa shape index (κ2) is 11.3. The third-order valence-electron chi connectivity index (χ3n) is 7.78. The van der Waals surface area contributed by atoms with E-state index >= 15 is 0 Å². The number of fused-ring (bicyclic) bond motifs is 1. The molecule has 3 unspecified atom stereocenters. The average molecular weight is 444 g/mol. The van der Waals surface area contributed by atoms with Crippen molar-refractivity contribution in [1.82, 2.24) is 15.1 Å². The van der Waals surface area contributed by atoms with Gasteiger partial charge < -0.3 is 24.4 Å². The zero-order valence-corrected chi connectivity index (χ0v) is 19.6. The summed E-state index contributed by atoms with van der Waals surface area (Å²) in [5.74, 6) is 1.87. The first-order chi connectivity index (χ1) is 15.8. The van der Waals surface area contributed by atoms with Crippen LogP contribution in [0.25, 0.3) is 0 Å². The Labute approximate surface area is 193 Å². The number of ether oxygens (including phenoxy) is 3. The van der Waals surface area contributed by atoms with Crippen molar-refractivity contribution < 1.29 is 14.2 Å². The molecule has 3 saturated heterocycles. The lowest BCUT2D eigenvalue weighted by atomic mass is 9.83. The van der Waals surface area contributed by atoms with E-state index in [-0.39, 0.29) is 0 Å². The van der Waals surface area contributed by atoms with E-state index in [2.05, 4.69) is 33.3 Å². The lowest BCUT2D eigenvalue weighted by Crippen LogP contribution is -2.53. The Bertz CT molecular complexity index is 718. The number of nitrogens with zero attached hydrogens (tertiary/aromatic N) is 2. The number of morpholine rings is 1. The molecule has 3 aliphatic heterocycles. The summed E-state index contributed by atoms with van der Waals surface area (Å²) in [5, 5.41) is 3.71. The molecule has 3 heterocycles. The van der Waals surface area contributed by atoms with Gasteiger partial charge in [0.25, 0.3) is 0 Å². The van der Waals surface area contributed by atoms with Gasteiger partial charge in [0.05, 0.1) is 39.1 Å². The first-order valence-corrected chi connectivity index (χ1v) is 12.9. The van der Waals surface area contributed by atoms with Crippen molar-refractivity contribution in [3.8, 4) is 5.75 Å². The molecular weight excluding hydrogens is 402 g/mol. The quantitative estimate of drug-likeness (QED) is 0.591. The highest BCUT2D eigenvalue weighted by atomic mass is 16.5. The van der Waals surface area contributed by atoms with Gasteiger partial charge in [0.1, 0.15) is 5.75 Å². The van der Waals surface area contributed by atoms with E-state index in [1.807, 2.05) is 0 Å². The normalized spacial score (nSPS) is 29.3. The van der Waals surface area contributed by atoms with Gasteiger partial charge in [0, 0.05) is 25.7 Å². The van der Waals surface area contributed by atoms with Crippen LogP contribution in [0.4, 0.5) is 0 Å². The molecule has 6 heteroatoms. The van der Waals surface area contributed by atoms with E-state index < -0.39 is 0 Å². The van der Waals surface area contributed by atoms with Crippen LogP contribution in [0.1, 0.15) is 36.8 Å². The minimum atomic E-state index is 0.422. The second-order valence-electron chi connectivity index (χ2n) is 10.1. The van der Waals surface area contributed by atoms with E-state index in [0.717, 1.165) is 70.8 Å². The number of hydrogen-bond donors (Lipinski definition) is 1. The van der Waals surface area contributed by atoms with Crippen molar-refractivity contribution in [1.29, 1.82) is 0 Å². The standard InChI is InChI=1S/C26H41N3O3/c1-2-10-28(9-1)18-21-4-5-23-17-24(7-6-22(23)16-21)32-13-3-8-27-25-19-31-20-26(25)29-11-14-30-15-12-29/h6-7,17,21,25-27H,1-5,8-16,18-20H2. The Morgan fingerprint density at radius 1 is 1.00 bits per heavy atom. The SMILES string of the molecule is c1cc2c(cc1OCCCNC1COCC1N1CCOCC1)CCC(CN1CCCC1)C2. The number of likely N-dealkylation sites (tertiary alicyclic amines) is 1. The summed E-state index contributed by atoms with van der Waals surface area (Å²) in [4.78, 5) is 5.19. The highest BCUT2D eigenvalue weighted by Gasteiger charge is 2.33. The van der Waals surface area contributed by atoms with Gasteiger partial charge in [-0.05, 0) is 87.3 Å². The molecule has 0 saturated carbocycles. The van der Waals surface area contributed by atoms with Crippen molar-refractivity contribution in [3.63, 3.8) is 0 Å². The summed E-state index contributed by atoms with van der Waals surface area (Å²) >= 11 is 0. The first kappa shape index (κ1) is 22.6. The lowest BCUT2D eigenvalue weighted by molar-refractivity contribution is 0.0107. The summed E-state index contributed by atoms with van der Waals surface area (Å²) in [6, 6.07) is 7.71. The molecule has 1 aliphatic carbocycles. The maximum atomic E-state index is 6.11. The molecule has 4 aliphatic rings. The van der Waals surface area contributed by atoms with E-state index in [1.165, 1.54) is 57.3 Å². The molecule has 32 heavy (non-hydrogen) atoms. The van der Waals surface area contributed by atoms with Crippen molar-refractivity contribution >= 4 is 0 Å². The number of hydrogen-bond acceptors (Lipinski definition) is 6. The average Bonchev–Trinajstić information content (AvgIpc) is 3.52. The second-order valence-corrected chi connectivity index (χ2v) is 10.1. The maximum Gasteiger partial charge on any atom is 0.119 e. The number of nitrogens with one attached hydrogen (secondary N) is 1. The summed E-state index contributed by atoms with van der Waals surface area (Å²) in [5.41, 5.74) is 3.06. The van der Waals surface area contributed by atoms with Crippen LogP contribution in [0, 0.1) is 5.92 Å². The topological polar surface area (TPSA) is 46.2 Å². The third kappa shape index (κ3) is 5.84. The summed E-state index contributed by atoms with van der Waals surface area (Å²) in [6.45, 7) is 11.0. The molecule has 3 fully saturated rings. The molecule has 5 rings (SSSR count). The smallest absolute Gasteiger partial charge is 0.119 e. The third-order valence-corrected chi connectivity index (χ3v) is 7.78. The Balaban J connectivity index is 1.02. The van der Waals surface area contributed by atoms with Gasteiger partial charge in [-0.25, -0.2) is 0 Å². The van der Waals surface area contributed by atoms with E-state index in [0.29, 0.717) is 12.1 Å². The zero-order chi connectivity index (χ0) is 21.6. The van der Waals surface area contributed by atoms with Crippen molar-refractivity contribution in [2.24, 2.45) is 5.92 Å². The summed E-state index contributed by atoms with van der Waals surface area (Å²) in [6.07, 6.45) is 7.57. The van der Waals surface area contributed by atoms with E-state index in [4.69, 9.17) is 14.2 Å². The predicted molar refractivity (Wildman–Crippen MR) is 127 cm³/mol. The predicted octanol–water partition coefficient (Wildman–Crippen LogP) is 2.35. The van der Waals surface area contributed by atoms with E-state index in [1.54, 1.807) is 5.56 Å². The molecule has 0 amide bonds. The molecule has 0 bridgehead atoms. The van der Waals surface area contributed by atoms with Gasteiger partial charge in [-0.2, -0.15) is 0 Å². The van der Waals surface area contributed by atoms with Gasteiger partial charge in [-0.15, -0.1) is 0 Å². The van der Waals surface area contributed by atoms with Crippen molar-refractivity contribution in [3.05, 3.63) is 29.3 Å². The summed E-state index contributed by atoms with van der Waals surface area (Å²) < 4.78 is 17.4. The fourth-order valence-electron chi connectivity index (χ4n) is 5.94. The monoisotopic (exact) mass is 443 g/mol. The molecule has 0 spiro atoms. The Morgan fingerprint density at radius 2 is 1.88 bits per heavy atom. The molecule has 3 atom stereocenters. The zero-order valence-electron chi connectivity index (χ0n) is 19.6. The van der Waals surface area contributed by atoms with E-state index in [9.17, 15) is 0 Å². The Kier molecular flexibility index (Phi) is 7.98. The molecular formula is C26H41N3O3. The van der Waals surface area contributed by atoms with Crippen LogP contribution < -0.4 is 10.1 Å². The molecule has 178 valence electrons.